The van der Waals surface area contributed by atoms with Crippen molar-refractivity contribution in [1.29, 1.82) is 0 Å². The molecule has 1 N–H and O–H groups in total. The van der Waals surface area contributed by atoms with Crippen molar-refractivity contribution in [1.82, 2.24) is 10.2 Å². The highest BCUT2D eigenvalue weighted by molar-refractivity contribution is 8.14. The number of carbonyl (C=O) groups excluding carboxylic acids is 3. The number of amides is 3. The topological polar surface area (TPSA) is 97.3 Å². The van der Waals surface area contributed by atoms with Crippen molar-refractivity contribution in [3.05, 3.63) is 173 Å². The van der Waals surface area contributed by atoms with Crippen LogP contribution in [0.1, 0.15) is 35.2 Å². The van der Waals surface area contributed by atoms with E-state index >= 15 is 0 Å². The van der Waals surface area contributed by atoms with E-state index in [-0.39, 0.29) is 29.0 Å². The fourth-order valence-electron chi connectivity index (χ4n) is 5.19. The van der Waals surface area contributed by atoms with E-state index in [0.29, 0.717) is 27.8 Å². The van der Waals surface area contributed by atoms with E-state index in [9.17, 15) is 14.4 Å². The monoisotopic (exact) mass is 717 g/mol. The van der Waals surface area contributed by atoms with E-state index in [1.165, 1.54) is 18.1 Å². The number of amidine groups is 1. The van der Waals surface area contributed by atoms with Gasteiger partial charge in [-0.3, -0.25) is 19.3 Å². The molecular weight excluding hydrogens is 682 g/mol. The Labute approximate surface area is 306 Å². The number of carbonyl (C=O) groups is 3. The van der Waals surface area contributed by atoms with E-state index < -0.39 is 17.9 Å². The predicted octanol–water partition coefficient (Wildman–Crippen LogP) is 8.32. The number of nitrogens with one attached hydrogen (secondary N) is 1. The number of rotatable bonds is 13. The number of benzene rings is 4. The van der Waals surface area contributed by atoms with Crippen molar-refractivity contribution in [2.75, 3.05) is 12.9 Å². The average molecular weight is 718 g/mol. The molecule has 0 saturated carbocycles. The Balaban J connectivity index is 1.38. The third-order valence-electron chi connectivity index (χ3n) is 7.72. The Hall–Kier alpha value is -5.64. The van der Waals surface area contributed by atoms with E-state index in [2.05, 4.69) is 16.9 Å². The number of nitrogens with zero attached hydrogens (tertiary/aromatic N) is 2. The molecule has 1 aliphatic heterocycles. The van der Waals surface area contributed by atoms with Gasteiger partial charge in [0, 0.05) is 10.7 Å². The Morgan fingerprint density at radius 2 is 1.63 bits per heavy atom. The summed E-state index contributed by atoms with van der Waals surface area (Å²) in [5.74, 6) is -0.800. The third-order valence-corrected chi connectivity index (χ3v) is 8.91. The summed E-state index contributed by atoms with van der Waals surface area (Å²) in [6, 6.07) is 31.3. The van der Waals surface area contributed by atoms with Crippen LogP contribution in [0.15, 0.2) is 150 Å². The van der Waals surface area contributed by atoms with Crippen LogP contribution in [0.2, 0.25) is 5.02 Å². The van der Waals surface area contributed by atoms with Gasteiger partial charge in [0.1, 0.15) is 12.2 Å². The molecule has 8 nitrogen and oxygen atoms in total. The van der Waals surface area contributed by atoms with Gasteiger partial charge in [-0.2, -0.15) is 4.99 Å². The molecule has 0 fully saturated rings. The predicted molar refractivity (Wildman–Crippen MR) is 204 cm³/mol. The zero-order valence-electron chi connectivity index (χ0n) is 28.1. The van der Waals surface area contributed by atoms with Gasteiger partial charge in [0.2, 0.25) is 5.91 Å². The first kappa shape index (κ1) is 36.6. The van der Waals surface area contributed by atoms with Gasteiger partial charge in [0.15, 0.2) is 16.7 Å². The number of halogens is 1. The van der Waals surface area contributed by atoms with E-state index in [4.69, 9.17) is 21.1 Å². The van der Waals surface area contributed by atoms with Crippen LogP contribution >= 0.6 is 23.4 Å². The fourth-order valence-corrected chi connectivity index (χ4v) is 6.13. The van der Waals surface area contributed by atoms with Crippen LogP contribution in [0.5, 0.6) is 11.5 Å². The van der Waals surface area contributed by atoms with Crippen molar-refractivity contribution in [2.24, 2.45) is 4.99 Å². The molecule has 4 aromatic carbocycles. The number of allylic oxidation sites excluding steroid dienone is 4. The van der Waals surface area contributed by atoms with Crippen molar-refractivity contribution < 1.29 is 23.9 Å². The molecule has 0 saturated heterocycles. The van der Waals surface area contributed by atoms with Crippen molar-refractivity contribution in [3.63, 3.8) is 0 Å². The van der Waals surface area contributed by atoms with Gasteiger partial charge < -0.3 is 14.8 Å². The standard InChI is InChI=1S/C41H36ClN3O5S/c1-4-6-17-33(5-2)45-40(48)34(24-29-20-23-35(36(25-29)49-3)50-26-28-18-21-32(42)22-19-28)39(47)44-41(45)51-27-37(46)43-38(30-13-9-7-10-14-30)31-15-11-8-12-16-31/h4-25,38H,1,26-27H2,2-3H3,(H,43,46)/b17-6-,33-5+,34-24+. The first-order valence-electron chi connectivity index (χ1n) is 16.0. The van der Waals surface area contributed by atoms with Gasteiger partial charge in [-0.15, -0.1) is 0 Å². The Bertz CT molecular complexity index is 1970. The van der Waals surface area contributed by atoms with Crippen LogP contribution in [0.4, 0.5) is 0 Å². The normalized spacial score (nSPS) is 14.2. The number of aliphatic imine (C=N–C) groups is 1. The molecule has 0 unspecified atom stereocenters. The first-order chi connectivity index (χ1) is 24.8. The molecule has 5 rings (SSSR count). The number of hydrogen-bond acceptors (Lipinski definition) is 6. The lowest BCUT2D eigenvalue weighted by molar-refractivity contribution is -0.126. The molecular formula is C41H36ClN3O5S. The Kier molecular flexibility index (Phi) is 12.8. The lowest BCUT2D eigenvalue weighted by Crippen LogP contribution is -2.42. The molecule has 51 heavy (non-hydrogen) atoms. The molecule has 258 valence electrons. The van der Waals surface area contributed by atoms with Gasteiger partial charge in [-0.1, -0.05) is 127 Å². The molecule has 4 aromatic rings. The van der Waals surface area contributed by atoms with Crippen LogP contribution in [-0.4, -0.2) is 40.7 Å². The highest BCUT2D eigenvalue weighted by Gasteiger charge is 2.35. The maximum Gasteiger partial charge on any atom is 0.285 e. The van der Waals surface area contributed by atoms with Crippen LogP contribution in [0, 0.1) is 0 Å². The second-order valence-corrected chi connectivity index (χ2v) is 12.5. The van der Waals surface area contributed by atoms with Crippen molar-refractivity contribution >= 4 is 52.3 Å². The molecule has 0 radical (unpaired) electrons. The maximum absolute atomic E-state index is 14.1. The fraction of sp³-hybridized carbons (Fsp3) is 0.122. The number of methoxy groups -OCH3 is 1. The molecule has 0 aliphatic carbocycles. The summed E-state index contributed by atoms with van der Waals surface area (Å²) in [5, 5.41) is 3.81. The van der Waals surface area contributed by atoms with E-state index in [1.807, 2.05) is 72.8 Å². The summed E-state index contributed by atoms with van der Waals surface area (Å²) >= 11 is 6.99. The van der Waals surface area contributed by atoms with E-state index in [0.717, 1.165) is 28.5 Å². The minimum Gasteiger partial charge on any atom is -0.493 e. The smallest absolute Gasteiger partial charge is 0.285 e. The second kappa shape index (κ2) is 17.8. The minimum absolute atomic E-state index is 0.0820. The highest BCUT2D eigenvalue weighted by atomic mass is 35.5. The average Bonchev–Trinajstić information content (AvgIpc) is 3.16. The molecule has 1 heterocycles. The second-order valence-electron chi connectivity index (χ2n) is 11.1. The summed E-state index contributed by atoms with van der Waals surface area (Å²) in [4.78, 5) is 46.6. The number of thioether (sulfide) groups is 1. The van der Waals surface area contributed by atoms with Crippen LogP contribution in [-0.2, 0) is 21.0 Å². The third kappa shape index (κ3) is 9.54. The summed E-state index contributed by atoms with van der Waals surface area (Å²) in [6.45, 7) is 5.78. The lowest BCUT2D eigenvalue weighted by Gasteiger charge is -2.28. The van der Waals surface area contributed by atoms with Gasteiger partial charge >= 0.3 is 0 Å². The molecule has 1 aliphatic rings. The van der Waals surface area contributed by atoms with Crippen LogP contribution in [0.25, 0.3) is 6.08 Å². The van der Waals surface area contributed by atoms with Crippen LogP contribution < -0.4 is 14.8 Å². The number of hydrogen-bond donors (Lipinski definition) is 1. The van der Waals surface area contributed by atoms with Gasteiger partial charge in [-0.05, 0) is 65.6 Å². The maximum atomic E-state index is 14.1. The van der Waals surface area contributed by atoms with E-state index in [1.54, 1.807) is 61.6 Å². The molecule has 0 aromatic heterocycles. The molecule has 10 heteroatoms. The largest absolute Gasteiger partial charge is 0.493 e. The summed E-state index contributed by atoms with van der Waals surface area (Å²) in [7, 11) is 1.51. The van der Waals surface area contributed by atoms with Crippen LogP contribution in [0.3, 0.4) is 0 Å². The molecule has 3 amide bonds. The molecule has 0 spiro atoms. The zero-order valence-corrected chi connectivity index (χ0v) is 29.7. The van der Waals surface area contributed by atoms with Gasteiger partial charge in [0.25, 0.3) is 11.8 Å². The van der Waals surface area contributed by atoms with Crippen molar-refractivity contribution in [3.8, 4) is 11.5 Å². The quantitative estimate of drug-likeness (QED) is 0.0849. The summed E-state index contributed by atoms with van der Waals surface area (Å²) < 4.78 is 11.5. The Morgan fingerprint density at radius 1 is 0.961 bits per heavy atom. The summed E-state index contributed by atoms with van der Waals surface area (Å²) in [6.07, 6.45) is 8.13. The molecule has 0 bridgehead atoms. The minimum atomic E-state index is -0.726. The summed E-state index contributed by atoms with van der Waals surface area (Å²) in [5.41, 5.74) is 3.60. The van der Waals surface area contributed by atoms with Gasteiger partial charge in [0.05, 0.1) is 18.9 Å². The molecule has 0 atom stereocenters. The SMILES string of the molecule is C=C/C=C\C(=C/C)N1C(=O)/C(=C/c2ccc(OCc3ccc(Cl)cc3)c(OC)c2)C(=O)N=C1SCC(=O)NC(c1ccccc1)c1ccccc1. The Morgan fingerprint density at radius 3 is 2.24 bits per heavy atom. The zero-order chi connectivity index (χ0) is 36.2. The van der Waals surface area contributed by atoms with Gasteiger partial charge in [-0.25, -0.2) is 0 Å². The van der Waals surface area contributed by atoms with Crippen molar-refractivity contribution in [2.45, 2.75) is 19.6 Å². The first-order valence-corrected chi connectivity index (χ1v) is 17.4. The lowest BCUT2D eigenvalue weighted by atomic mass is 9.99. The number of ether oxygens (including phenoxy) is 2. The highest BCUT2D eigenvalue weighted by Crippen LogP contribution is 2.32.